The third-order valence-corrected chi connectivity index (χ3v) is 3.39. The Morgan fingerprint density at radius 3 is 2.78 bits per heavy atom. The molecule has 1 N–H and O–H groups in total. The molecule has 0 saturated carbocycles. The number of nitrogens with zero attached hydrogens (tertiary/aromatic N) is 3. The number of nitrogens with one attached hydrogen (secondary N) is 1. The summed E-state index contributed by atoms with van der Waals surface area (Å²) < 4.78 is 0. The standard InChI is InChI=1S/C13H15ClN4/c1-9-2-3-10-11(8-9)16-13(14)17-12(10)18-6-4-15-5-7-18/h2-3,8,15H,4-7H2,1H3. The normalized spacial score (nSPS) is 16.2. The van der Waals surface area contributed by atoms with E-state index in [1.165, 1.54) is 5.56 Å². The molecule has 1 saturated heterocycles. The molecule has 1 fully saturated rings. The van der Waals surface area contributed by atoms with Crippen molar-refractivity contribution >= 4 is 28.3 Å². The molecule has 1 aromatic carbocycles. The molecule has 1 aliphatic rings. The summed E-state index contributed by atoms with van der Waals surface area (Å²) in [7, 11) is 0. The maximum Gasteiger partial charge on any atom is 0.224 e. The molecule has 3 rings (SSSR count). The number of hydrogen-bond acceptors (Lipinski definition) is 4. The molecule has 0 atom stereocenters. The van der Waals surface area contributed by atoms with Gasteiger partial charge in [0, 0.05) is 31.6 Å². The lowest BCUT2D eigenvalue weighted by molar-refractivity contribution is 0.586. The topological polar surface area (TPSA) is 41.0 Å². The van der Waals surface area contributed by atoms with E-state index in [2.05, 4.69) is 45.3 Å². The van der Waals surface area contributed by atoms with E-state index in [4.69, 9.17) is 11.6 Å². The summed E-state index contributed by atoms with van der Waals surface area (Å²) in [6.07, 6.45) is 0. The Kier molecular flexibility index (Phi) is 3.06. The fourth-order valence-corrected chi connectivity index (χ4v) is 2.48. The van der Waals surface area contributed by atoms with Crippen LogP contribution in [0.3, 0.4) is 0 Å². The molecule has 0 unspecified atom stereocenters. The second-order valence-electron chi connectivity index (χ2n) is 4.57. The van der Waals surface area contributed by atoms with Gasteiger partial charge in [0.15, 0.2) is 0 Å². The first-order valence-corrected chi connectivity index (χ1v) is 6.51. The van der Waals surface area contributed by atoms with Crippen molar-refractivity contribution in [1.29, 1.82) is 0 Å². The van der Waals surface area contributed by atoms with Crippen LogP contribution >= 0.6 is 11.6 Å². The van der Waals surface area contributed by atoms with Crippen LogP contribution in [-0.2, 0) is 0 Å². The van der Waals surface area contributed by atoms with E-state index < -0.39 is 0 Å². The van der Waals surface area contributed by atoms with Crippen LogP contribution in [0.5, 0.6) is 0 Å². The number of benzene rings is 1. The lowest BCUT2D eigenvalue weighted by Crippen LogP contribution is -2.44. The lowest BCUT2D eigenvalue weighted by Gasteiger charge is -2.29. The summed E-state index contributed by atoms with van der Waals surface area (Å²) in [5.74, 6) is 0.950. The Morgan fingerprint density at radius 1 is 1.22 bits per heavy atom. The molecule has 2 aromatic rings. The second-order valence-corrected chi connectivity index (χ2v) is 4.91. The van der Waals surface area contributed by atoms with Crippen molar-refractivity contribution < 1.29 is 0 Å². The molecule has 2 heterocycles. The van der Waals surface area contributed by atoms with Gasteiger partial charge in [-0.15, -0.1) is 0 Å². The highest BCUT2D eigenvalue weighted by molar-refractivity contribution is 6.28. The highest BCUT2D eigenvalue weighted by Crippen LogP contribution is 2.26. The molecular weight excluding hydrogens is 248 g/mol. The molecule has 0 bridgehead atoms. The average molecular weight is 263 g/mol. The van der Waals surface area contributed by atoms with Crippen LogP contribution in [-0.4, -0.2) is 36.1 Å². The van der Waals surface area contributed by atoms with Crippen molar-refractivity contribution in [3.05, 3.63) is 29.0 Å². The van der Waals surface area contributed by atoms with E-state index in [1.807, 2.05) is 0 Å². The Labute approximate surface area is 111 Å². The van der Waals surface area contributed by atoms with Crippen molar-refractivity contribution in [3.63, 3.8) is 0 Å². The van der Waals surface area contributed by atoms with Gasteiger partial charge in [0.05, 0.1) is 5.52 Å². The Bertz CT molecular complexity index is 573. The van der Waals surface area contributed by atoms with Gasteiger partial charge in [-0.1, -0.05) is 6.07 Å². The third kappa shape index (κ3) is 2.13. The van der Waals surface area contributed by atoms with Gasteiger partial charge in [-0.3, -0.25) is 0 Å². The number of aromatic nitrogens is 2. The fraction of sp³-hybridized carbons (Fsp3) is 0.385. The minimum absolute atomic E-state index is 0.321. The molecular formula is C13H15ClN4. The minimum Gasteiger partial charge on any atom is -0.353 e. The van der Waals surface area contributed by atoms with E-state index in [-0.39, 0.29) is 0 Å². The van der Waals surface area contributed by atoms with E-state index in [1.54, 1.807) is 0 Å². The Morgan fingerprint density at radius 2 is 2.00 bits per heavy atom. The quantitative estimate of drug-likeness (QED) is 0.798. The van der Waals surface area contributed by atoms with Crippen LogP contribution in [0.1, 0.15) is 5.56 Å². The first-order valence-electron chi connectivity index (χ1n) is 6.13. The van der Waals surface area contributed by atoms with E-state index in [0.717, 1.165) is 42.9 Å². The van der Waals surface area contributed by atoms with E-state index >= 15 is 0 Å². The highest BCUT2D eigenvalue weighted by Gasteiger charge is 2.16. The summed E-state index contributed by atoms with van der Waals surface area (Å²) in [5, 5.41) is 4.73. The molecule has 1 aromatic heterocycles. The van der Waals surface area contributed by atoms with Crippen LogP contribution in [0, 0.1) is 6.92 Å². The molecule has 0 amide bonds. The van der Waals surface area contributed by atoms with Crippen LogP contribution in [0.15, 0.2) is 18.2 Å². The second kappa shape index (κ2) is 4.71. The molecule has 0 spiro atoms. The zero-order valence-corrected chi connectivity index (χ0v) is 11.0. The van der Waals surface area contributed by atoms with Crippen LogP contribution in [0.2, 0.25) is 5.28 Å². The van der Waals surface area contributed by atoms with Crippen LogP contribution in [0.25, 0.3) is 10.9 Å². The number of anilines is 1. The van der Waals surface area contributed by atoms with E-state index in [9.17, 15) is 0 Å². The number of piperazine rings is 1. The fourth-order valence-electron chi connectivity index (χ4n) is 2.31. The Balaban J connectivity index is 2.14. The van der Waals surface area contributed by atoms with Gasteiger partial charge >= 0.3 is 0 Å². The summed E-state index contributed by atoms with van der Waals surface area (Å²) >= 11 is 6.03. The third-order valence-electron chi connectivity index (χ3n) is 3.22. The highest BCUT2D eigenvalue weighted by atomic mass is 35.5. The Hall–Kier alpha value is -1.39. The van der Waals surface area contributed by atoms with Crippen LogP contribution in [0.4, 0.5) is 5.82 Å². The zero-order valence-electron chi connectivity index (χ0n) is 10.3. The maximum absolute atomic E-state index is 6.03. The smallest absolute Gasteiger partial charge is 0.224 e. The number of halogens is 1. The summed E-state index contributed by atoms with van der Waals surface area (Å²) in [6.45, 7) is 5.93. The van der Waals surface area contributed by atoms with Gasteiger partial charge in [0.25, 0.3) is 0 Å². The number of rotatable bonds is 1. The number of aryl methyl sites for hydroxylation is 1. The first-order chi connectivity index (χ1) is 8.74. The van der Waals surface area contributed by atoms with E-state index in [0.29, 0.717) is 5.28 Å². The monoisotopic (exact) mass is 262 g/mol. The largest absolute Gasteiger partial charge is 0.353 e. The summed E-state index contributed by atoms with van der Waals surface area (Å²) in [6, 6.07) is 6.22. The molecule has 94 valence electrons. The predicted octanol–water partition coefficient (Wildman–Crippen LogP) is 2.00. The van der Waals surface area contributed by atoms with Gasteiger partial charge in [-0.05, 0) is 36.2 Å². The maximum atomic E-state index is 6.03. The van der Waals surface area contributed by atoms with Gasteiger partial charge in [0.1, 0.15) is 5.82 Å². The van der Waals surface area contributed by atoms with Crippen molar-refractivity contribution in [2.24, 2.45) is 0 Å². The molecule has 0 radical (unpaired) electrons. The van der Waals surface area contributed by atoms with Crippen LogP contribution < -0.4 is 10.2 Å². The predicted molar refractivity (Wildman–Crippen MR) is 74.4 cm³/mol. The van der Waals surface area contributed by atoms with Gasteiger partial charge in [-0.25, -0.2) is 4.98 Å². The van der Waals surface area contributed by atoms with Gasteiger partial charge in [-0.2, -0.15) is 4.98 Å². The van der Waals surface area contributed by atoms with Gasteiger partial charge < -0.3 is 10.2 Å². The zero-order chi connectivity index (χ0) is 12.5. The molecule has 4 nitrogen and oxygen atoms in total. The molecule has 0 aliphatic carbocycles. The minimum atomic E-state index is 0.321. The SMILES string of the molecule is Cc1ccc2c(N3CCNCC3)nc(Cl)nc2c1. The van der Waals surface area contributed by atoms with Crippen molar-refractivity contribution in [2.45, 2.75) is 6.92 Å². The summed E-state index contributed by atoms with van der Waals surface area (Å²) in [5.41, 5.74) is 2.10. The number of fused-ring (bicyclic) bond motifs is 1. The van der Waals surface area contributed by atoms with Crippen molar-refractivity contribution in [2.75, 3.05) is 31.1 Å². The van der Waals surface area contributed by atoms with Crippen molar-refractivity contribution in [1.82, 2.24) is 15.3 Å². The van der Waals surface area contributed by atoms with Gasteiger partial charge in [0.2, 0.25) is 5.28 Å². The molecule has 5 heteroatoms. The summed E-state index contributed by atoms with van der Waals surface area (Å²) in [4.78, 5) is 11.0. The molecule has 18 heavy (non-hydrogen) atoms. The average Bonchev–Trinajstić information content (AvgIpc) is 2.38. The first kappa shape index (κ1) is 11.7. The lowest BCUT2D eigenvalue weighted by atomic mass is 10.1. The number of hydrogen-bond donors (Lipinski definition) is 1. The molecule has 1 aliphatic heterocycles. The van der Waals surface area contributed by atoms with Crippen molar-refractivity contribution in [3.8, 4) is 0 Å².